The second-order valence-electron chi connectivity index (χ2n) is 4.39. The molecule has 2 aromatic rings. The number of imidazole rings is 1. The molecule has 1 aromatic carbocycles. The SMILES string of the molecule is COc1ccc(CN)cc1S(=O)(=O)NCCn1ccnc1. The maximum atomic E-state index is 12.4. The third-order valence-electron chi connectivity index (χ3n) is 2.97. The first-order valence-electron chi connectivity index (χ1n) is 6.39. The predicted molar refractivity (Wildman–Crippen MR) is 78.3 cm³/mol. The molecule has 0 unspecified atom stereocenters. The number of benzene rings is 1. The first-order chi connectivity index (χ1) is 10.1. The molecule has 1 aromatic heterocycles. The van der Waals surface area contributed by atoms with Crippen LogP contribution < -0.4 is 15.2 Å². The van der Waals surface area contributed by atoms with Crippen molar-refractivity contribution in [1.29, 1.82) is 0 Å². The lowest BCUT2D eigenvalue weighted by Crippen LogP contribution is -2.27. The Hall–Kier alpha value is -1.90. The molecule has 0 bridgehead atoms. The van der Waals surface area contributed by atoms with E-state index in [1.54, 1.807) is 35.4 Å². The Kier molecular flexibility index (Phi) is 4.94. The summed E-state index contributed by atoms with van der Waals surface area (Å²) in [5.74, 6) is 0.294. The van der Waals surface area contributed by atoms with Crippen LogP contribution in [0.15, 0.2) is 41.8 Å². The van der Waals surface area contributed by atoms with Gasteiger partial charge in [0, 0.05) is 32.0 Å². The third-order valence-corrected chi connectivity index (χ3v) is 4.46. The number of rotatable bonds is 7. The van der Waals surface area contributed by atoms with Crippen molar-refractivity contribution >= 4 is 10.0 Å². The number of nitrogens with one attached hydrogen (secondary N) is 1. The first kappa shape index (κ1) is 15.5. The molecular weight excluding hydrogens is 292 g/mol. The smallest absolute Gasteiger partial charge is 0.244 e. The van der Waals surface area contributed by atoms with Gasteiger partial charge in [-0.05, 0) is 17.7 Å². The minimum Gasteiger partial charge on any atom is -0.495 e. The van der Waals surface area contributed by atoms with E-state index >= 15 is 0 Å². The zero-order valence-corrected chi connectivity index (χ0v) is 12.5. The summed E-state index contributed by atoms with van der Waals surface area (Å²) in [6.45, 7) is 1.02. The van der Waals surface area contributed by atoms with Crippen LogP contribution in [0.25, 0.3) is 0 Å². The normalized spacial score (nSPS) is 11.5. The molecule has 114 valence electrons. The molecule has 0 aliphatic rings. The van der Waals surface area contributed by atoms with Crippen molar-refractivity contribution in [3.8, 4) is 5.75 Å². The van der Waals surface area contributed by atoms with E-state index in [9.17, 15) is 8.42 Å². The van der Waals surface area contributed by atoms with E-state index in [1.165, 1.54) is 13.2 Å². The van der Waals surface area contributed by atoms with Crippen LogP contribution in [0.4, 0.5) is 0 Å². The third kappa shape index (κ3) is 3.81. The van der Waals surface area contributed by atoms with E-state index in [2.05, 4.69) is 9.71 Å². The molecule has 8 heteroatoms. The molecule has 0 atom stereocenters. The van der Waals surface area contributed by atoms with E-state index in [0.717, 1.165) is 5.56 Å². The topological polar surface area (TPSA) is 99.2 Å². The van der Waals surface area contributed by atoms with Crippen LogP contribution in [0.1, 0.15) is 5.56 Å². The largest absolute Gasteiger partial charge is 0.495 e. The van der Waals surface area contributed by atoms with Gasteiger partial charge >= 0.3 is 0 Å². The van der Waals surface area contributed by atoms with Crippen molar-refractivity contribution in [1.82, 2.24) is 14.3 Å². The summed E-state index contributed by atoms with van der Waals surface area (Å²) in [6, 6.07) is 4.87. The van der Waals surface area contributed by atoms with Crippen LogP contribution in [0, 0.1) is 0 Å². The van der Waals surface area contributed by atoms with E-state index in [-0.39, 0.29) is 18.0 Å². The molecule has 21 heavy (non-hydrogen) atoms. The van der Waals surface area contributed by atoms with Crippen LogP contribution >= 0.6 is 0 Å². The van der Waals surface area contributed by atoms with E-state index < -0.39 is 10.0 Å². The Labute approximate surface area is 123 Å². The van der Waals surface area contributed by atoms with Gasteiger partial charge in [-0.1, -0.05) is 6.07 Å². The number of ether oxygens (including phenoxy) is 1. The fourth-order valence-electron chi connectivity index (χ4n) is 1.86. The first-order valence-corrected chi connectivity index (χ1v) is 7.87. The lowest BCUT2D eigenvalue weighted by molar-refractivity contribution is 0.402. The van der Waals surface area contributed by atoms with Crippen molar-refractivity contribution in [2.45, 2.75) is 18.0 Å². The van der Waals surface area contributed by atoms with Crippen LogP contribution in [0.5, 0.6) is 5.75 Å². The lowest BCUT2D eigenvalue weighted by Gasteiger charge is -2.12. The van der Waals surface area contributed by atoms with E-state index in [4.69, 9.17) is 10.5 Å². The number of aromatic nitrogens is 2. The fourth-order valence-corrected chi connectivity index (χ4v) is 3.10. The summed E-state index contributed by atoms with van der Waals surface area (Å²) in [5.41, 5.74) is 6.28. The number of methoxy groups -OCH3 is 1. The van der Waals surface area contributed by atoms with Gasteiger partial charge in [-0.2, -0.15) is 0 Å². The summed E-state index contributed by atoms with van der Waals surface area (Å²) in [6.07, 6.45) is 5.04. The molecule has 3 N–H and O–H groups in total. The quantitative estimate of drug-likeness (QED) is 0.768. The number of nitrogens with zero attached hydrogens (tertiary/aromatic N) is 2. The van der Waals surface area contributed by atoms with Crippen molar-refractivity contribution in [3.05, 3.63) is 42.5 Å². The zero-order valence-electron chi connectivity index (χ0n) is 11.7. The zero-order chi connectivity index (χ0) is 15.3. The molecule has 1 heterocycles. The maximum Gasteiger partial charge on any atom is 0.244 e. The van der Waals surface area contributed by atoms with Crippen LogP contribution in [-0.2, 0) is 23.1 Å². The summed E-state index contributed by atoms with van der Waals surface area (Å²) in [4.78, 5) is 3.99. The van der Waals surface area contributed by atoms with Crippen LogP contribution in [0.3, 0.4) is 0 Å². The standard InChI is InChI=1S/C13H18N4O3S/c1-20-12-3-2-11(9-14)8-13(12)21(18,19)16-5-7-17-6-4-15-10-17/h2-4,6,8,10,16H,5,7,9,14H2,1H3. The van der Waals surface area contributed by atoms with Gasteiger partial charge in [0.25, 0.3) is 0 Å². The minimum atomic E-state index is -3.65. The second-order valence-corrected chi connectivity index (χ2v) is 6.12. The Morgan fingerprint density at radius 1 is 1.43 bits per heavy atom. The number of hydrogen-bond donors (Lipinski definition) is 2. The molecule has 7 nitrogen and oxygen atoms in total. The van der Waals surface area contributed by atoms with Gasteiger partial charge in [-0.25, -0.2) is 18.1 Å². The van der Waals surface area contributed by atoms with E-state index in [0.29, 0.717) is 12.3 Å². The predicted octanol–water partition coefficient (Wildman–Crippen LogP) is 0.329. The molecular formula is C13H18N4O3S. The van der Waals surface area contributed by atoms with Gasteiger partial charge in [0.1, 0.15) is 10.6 Å². The average molecular weight is 310 g/mol. The minimum absolute atomic E-state index is 0.0959. The number of sulfonamides is 1. The average Bonchev–Trinajstić information content (AvgIpc) is 2.99. The molecule has 0 saturated carbocycles. The molecule has 0 amide bonds. The van der Waals surface area contributed by atoms with Gasteiger partial charge < -0.3 is 15.0 Å². The molecule has 0 aliphatic heterocycles. The summed E-state index contributed by atoms with van der Waals surface area (Å²) in [7, 11) is -2.22. The Balaban J connectivity index is 2.14. The highest BCUT2D eigenvalue weighted by molar-refractivity contribution is 7.89. The van der Waals surface area contributed by atoms with Crippen molar-refractivity contribution in [3.63, 3.8) is 0 Å². The van der Waals surface area contributed by atoms with Crippen molar-refractivity contribution < 1.29 is 13.2 Å². The van der Waals surface area contributed by atoms with Gasteiger partial charge in [0.2, 0.25) is 10.0 Å². The molecule has 0 fully saturated rings. The highest BCUT2D eigenvalue weighted by Gasteiger charge is 2.19. The van der Waals surface area contributed by atoms with Gasteiger partial charge in [0.15, 0.2) is 0 Å². The summed E-state index contributed by atoms with van der Waals surface area (Å²) >= 11 is 0. The van der Waals surface area contributed by atoms with Crippen molar-refractivity contribution in [2.75, 3.05) is 13.7 Å². The lowest BCUT2D eigenvalue weighted by atomic mass is 10.2. The fraction of sp³-hybridized carbons (Fsp3) is 0.308. The van der Waals surface area contributed by atoms with Gasteiger partial charge in [-0.15, -0.1) is 0 Å². The summed E-state index contributed by atoms with van der Waals surface area (Å²) < 4.78 is 34.1. The van der Waals surface area contributed by atoms with E-state index in [1.807, 2.05) is 0 Å². The van der Waals surface area contributed by atoms with Crippen molar-refractivity contribution in [2.24, 2.45) is 5.73 Å². The highest BCUT2D eigenvalue weighted by Crippen LogP contribution is 2.24. The molecule has 0 aliphatic carbocycles. The molecule has 0 saturated heterocycles. The number of hydrogen-bond acceptors (Lipinski definition) is 5. The summed E-state index contributed by atoms with van der Waals surface area (Å²) in [5, 5.41) is 0. The van der Waals surface area contributed by atoms with Crippen LogP contribution in [-0.4, -0.2) is 31.6 Å². The Morgan fingerprint density at radius 2 is 2.24 bits per heavy atom. The molecule has 0 radical (unpaired) electrons. The monoisotopic (exact) mass is 310 g/mol. The Morgan fingerprint density at radius 3 is 2.86 bits per heavy atom. The molecule has 2 rings (SSSR count). The number of nitrogens with two attached hydrogens (primary N) is 1. The van der Waals surface area contributed by atoms with Crippen LogP contribution in [0.2, 0.25) is 0 Å². The Bertz CT molecular complexity index is 683. The van der Waals surface area contributed by atoms with Gasteiger partial charge in [-0.3, -0.25) is 0 Å². The highest BCUT2D eigenvalue weighted by atomic mass is 32.2. The maximum absolute atomic E-state index is 12.4. The second kappa shape index (κ2) is 6.70. The molecule has 0 spiro atoms. The van der Waals surface area contributed by atoms with Gasteiger partial charge in [0.05, 0.1) is 13.4 Å².